The molecule has 2 aliphatic heterocycles. The SMILES string of the molecule is COc1cccc(C(=O)N2CCC(OC3CCN(Cc4cccnc4)CC3)CC2)c1. The molecule has 0 bridgehead atoms. The van der Waals surface area contributed by atoms with Gasteiger partial charge in [0.1, 0.15) is 5.75 Å². The van der Waals surface area contributed by atoms with Gasteiger partial charge in [0.15, 0.2) is 0 Å². The van der Waals surface area contributed by atoms with E-state index >= 15 is 0 Å². The van der Waals surface area contributed by atoms with Crippen molar-refractivity contribution in [1.82, 2.24) is 14.8 Å². The molecule has 0 saturated carbocycles. The van der Waals surface area contributed by atoms with Crippen molar-refractivity contribution in [1.29, 1.82) is 0 Å². The Balaban J connectivity index is 1.19. The molecule has 1 aromatic heterocycles. The van der Waals surface area contributed by atoms with Gasteiger partial charge in [-0.3, -0.25) is 14.7 Å². The fourth-order valence-corrected chi connectivity index (χ4v) is 4.36. The van der Waals surface area contributed by atoms with Gasteiger partial charge in [-0.25, -0.2) is 0 Å². The maximum Gasteiger partial charge on any atom is 0.253 e. The summed E-state index contributed by atoms with van der Waals surface area (Å²) in [6.07, 6.45) is 8.32. The minimum absolute atomic E-state index is 0.0797. The van der Waals surface area contributed by atoms with Gasteiger partial charge in [-0.05, 0) is 55.5 Å². The largest absolute Gasteiger partial charge is 0.497 e. The van der Waals surface area contributed by atoms with Crippen LogP contribution in [0.15, 0.2) is 48.8 Å². The normalized spacial score (nSPS) is 19.0. The molecule has 2 fully saturated rings. The highest BCUT2D eigenvalue weighted by atomic mass is 16.5. The second kappa shape index (κ2) is 10.0. The number of rotatable bonds is 6. The number of carbonyl (C=O) groups is 1. The van der Waals surface area contributed by atoms with Crippen LogP contribution in [0.1, 0.15) is 41.6 Å². The third kappa shape index (κ3) is 5.37. The summed E-state index contributed by atoms with van der Waals surface area (Å²) in [6.45, 7) is 4.59. The molecule has 160 valence electrons. The van der Waals surface area contributed by atoms with Crippen LogP contribution in [0.2, 0.25) is 0 Å². The molecule has 0 radical (unpaired) electrons. The Kier molecular flexibility index (Phi) is 6.97. The lowest BCUT2D eigenvalue weighted by molar-refractivity contribution is -0.0629. The molecule has 0 atom stereocenters. The van der Waals surface area contributed by atoms with E-state index in [1.807, 2.05) is 47.6 Å². The number of likely N-dealkylation sites (tertiary alicyclic amines) is 2. The van der Waals surface area contributed by atoms with Crippen molar-refractivity contribution in [2.45, 2.75) is 44.4 Å². The highest BCUT2D eigenvalue weighted by molar-refractivity contribution is 5.94. The molecular weight excluding hydrogens is 378 g/mol. The molecule has 2 aliphatic rings. The first kappa shape index (κ1) is 20.8. The average Bonchev–Trinajstić information content (AvgIpc) is 2.81. The monoisotopic (exact) mass is 409 g/mol. The molecule has 30 heavy (non-hydrogen) atoms. The predicted octanol–water partition coefficient (Wildman–Crippen LogP) is 3.38. The Morgan fingerprint density at radius 1 is 1.03 bits per heavy atom. The van der Waals surface area contributed by atoms with Crippen molar-refractivity contribution in [3.05, 3.63) is 59.9 Å². The van der Waals surface area contributed by atoms with Crippen LogP contribution in [0.3, 0.4) is 0 Å². The van der Waals surface area contributed by atoms with Crippen molar-refractivity contribution in [3.63, 3.8) is 0 Å². The Morgan fingerprint density at radius 3 is 2.43 bits per heavy atom. The van der Waals surface area contributed by atoms with Crippen molar-refractivity contribution in [2.75, 3.05) is 33.3 Å². The molecule has 3 heterocycles. The number of aromatic nitrogens is 1. The molecule has 1 amide bonds. The fourth-order valence-electron chi connectivity index (χ4n) is 4.36. The fraction of sp³-hybridized carbons (Fsp3) is 0.500. The van der Waals surface area contributed by atoms with E-state index in [4.69, 9.17) is 9.47 Å². The van der Waals surface area contributed by atoms with Crippen molar-refractivity contribution in [2.24, 2.45) is 0 Å². The molecule has 0 N–H and O–H groups in total. The van der Waals surface area contributed by atoms with E-state index < -0.39 is 0 Å². The quantitative estimate of drug-likeness (QED) is 0.732. The molecule has 6 heteroatoms. The van der Waals surface area contributed by atoms with E-state index in [-0.39, 0.29) is 12.0 Å². The van der Waals surface area contributed by atoms with Gasteiger partial charge in [0, 0.05) is 50.7 Å². The van der Waals surface area contributed by atoms with E-state index in [0.717, 1.165) is 58.4 Å². The molecule has 2 aromatic rings. The average molecular weight is 410 g/mol. The Bertz CT molecular complexity index is 813. The van der Waals surface area contributed by atoms with E-state index in [0.29, 0.717) is 17.4 Å². The van der Waals surface area contributed by atoms with Gasteiger partial charge in [0.25, 0.3) is 5.91 Å². The smallest absolute Gasteiger partial charge is 0.253 e. The number of hydrogen-bond acceptors (Lipinski definition) is 5. The van der Waals surface area contributed by atoms with Crippen molar-refractivity contribution in [3.8, 4) is 5.75 Å². The van der Waals surface area contributed by atoms with E-state index in [9.17, 15) is 4.79 Å². The third-order valence-corrected chi connectivity index (χ3v) is 6.09. The third-order valence-electron chi connectivity index (χ3n) is 6.09. The maximum atomic E-state index is 12.8. The minimum Gasteiger partial charge on any atom is -0.497 e. The summed E-state index contributed by atoms with van der Waals surface area (Å²) in [6, 6.07) is 11.5. The Morgan fingerprint density at radius 2 is 1.77 bits per heavy atom. The molecule has 0 aliphatic carbocycles. The van der Waals surface area contributed by atoms with E-state index in [1.165, 1.54) is 5.56 Å². The first-order chi connectivity index (χ1) is 14.7. The number of hydrogen-bond donors (Lipinski definition) is 0. The standard InChI is InChI=1S/C24H31N3O3/c1-29-23-6-2-5-20(16-23)24(28)27-14-9-22(10-15-27)30-21-7-12-26(13-8-21)18-19-4-3-11-25-17-19/h2-6,11,16-17,21-22H,7-10,12-15,18H2,1H3. The lowest BCUT2D eigenvalue weighted by Crippen LogP contribution is -2.43. The summed E-state index contributed by atoms with van der Waals surface area (Å²) >= 11 is 0. The highest BCUT2D eigenvalue weighted by Crippen LogP contribution is 2.23. The zero-order chi connectivity index (χ0) is 20.8. The number of methoxy groups -OCH3 is 1. The van der Waals surface area contributed by atoms with Gasteiger partial charge in [0.2, 0.25) is 0 Å². The number of pyridine rings is 1. The molecule has 0 spiro atoms. The number of piperidine rings is 2. The van der Waals surface area contributed by atoms with Gasteiger partial charge < -0.3 is 14.4 Å². The van der Waals surface area contributed by atoms with Gasteiger partial charge in [-0.15, -0.1) is 0 Å². The van der Waals surface area contributed by atoms with Crippen LogP contribution < -0.4 is 4.74 Å². The van der Waals surface area contributed by atoms with Gasteiger partial charge in [-0.2, -0.15) is 0 Å². The number of benzene rings is 1. The molecule has 6 nitrogen and oxygen atoms in total. The zero-order valence-corrected chi connectivity index (χ0v) is 17.7. The summed E-state index contributed by atoms with van der Waals surface area (Å²) < 4.78 is 11.6. The van der Waals surface area contributed by atoms with Crippen molar-refractivity contribution < 1.29 is 14.3 Å². The Hall–Kier alpha value is -2.44. The second-order valence-electron chi connectivity index (χ2n) is 8.20. The van der Waals surface area contributed by atoms with E-state index in [2.05, 4.69) is 16.0 Å². The minimum atomic E-state index is 0.0797. The van der Waals surface area contributed by atoms with Crippen LogP contribution in [0.5, 0.6) is 5.75 Å². The molecule has 4 rings (SSSR count). The molecular formula is C24H31N3O3. The zero-order valence-electron chi connectivity index (χ0n) is 17.7. The maximum absolute atomic E-state index is 12.8. The van der Waals surface area contributed by atoms with Gasteiger partial charge in [0.05, 0.1) is 19.3 Å². The van der Waals surface area contributed by atoms with Crippen LogP contribution in [0.4, 0.5) is 0 Å². The first-order valence-corrected chi connectivity index (χ1v) is 10.9. The molecule has 1 aromatic carbocycles. The van der Waals surface area contributed by atoms with Gasteiger partial charge in [-0.1, -0.05) is 12.1 Å². The van der Waals surface area contributed by atoms with Crippen LogP contribution in [-0.4, -0.2) is 66.2 Å². The van der Waals surface area contributed by atoms with Crippen LogP contribution in [-0.2, 0) is 11.3 Å². The summed E-state index contributed by atoms with van der Waals surface area (Å²) in [5.74, 6) is 0.796. The van der Waals surface area contributed by atoms with E-state index in [1.54, 1.807) is 7.11 Å². The summed E-state index contributed by atoms with van der Waals surface area (Å²) in [5, 5.41) is 0. The van der Waals surface area contributed by atoms with Crippen LogP contribution in [0, 0.1) is 0 Å². The number of ether oxygens (including phenoxy) is 2. The lowest BCUT2D eigenvalue weighted by Gasteiger charge is -2.37. The van der Waals surface area contributed by atoms with Crippen LogP contribution in [0.25, 0.3) is 0 Å². The van der Waals surface area contributed by atoms with Gasteiger partial charge >= 0.3 is 0 Å². The number of nitrogens with zero attached hydrogens (tertiary/aromatic N) is 3. The summed E-state index contributed by atoms with van der Waals surface area (Å²) in [4.78, 5) is 21.4. The number of amides is 1. The predicted molar refractivity (Wildman–Crippen MR) is 116 cm³/mol. The van der Waals surface area contributed by atoms with Crippen molar-refractivity contribution >= 4 is 5.91 Å². The molecule has 0 unspecified atom stereocenters. The first-order valence-electron chi connectivity index (χ1n) is 10.9. The van der Waals surface area contributed by atoms with Crippen LogP contribution >= 0.6 is 0 Å². The summed E-state index contributed by atoms with van der Waals surface area (Å²) in [5.41, 5.74) is 1.96. The Labute approximate surface area is 178 Å². The second-order valence-corrected chi connectivity index (χ2v) is 8.20. The lowest BCUT2D eigenvalue weighted by atomic mass is 10.0. The summed E-state index contributed by atoms with van der Waals surface area (Å²) in [7, 11) is 1.62. The molecule has 2 saturated heterocycles. The topological polar surface area (TPSA) is 54.9 Å². The highest BCUT2D eigenvalue weighted by Gasteiger charge is 2.28. The number of carbonyl (C=O) groups excluding carboxylic acids is 1.